The zero-order valence-electron chi connectivity index (χ0n) is 12.8. The van der Waals surface area contributed by atoms with Gasteiger partial charge in [0.2, 0.25) is 0 Å². The number of anilines is 1. The molecule has 1 N–H and O–H groups in total. The number of nitrogens with zero attached hydrogens (tertiary/aromatic N) is 3. The minimum Gasteiger partial charge on any atom is -0.493 e. The monoisotopic (exact) mass is 318 g/mol. The molecule has 0 aliphatic rings. The second-order valence-corrected chi connectivity index (χ2v) is 5.78. The summed E-state index contributed by atoms with van der Waals surface area (Å²) in [6.07, 6.45) is 3.91. The SMILES string of the molecule is CCn1cc(CNc2nc3cc(OC)c(OC)cc3s2)cn1. The number of hydrogen-bond donors (Lipinski definition) is 1. The van der Waals surface area contributed by atoms with Gasteiger partial charge < -0.3 is 14.8 Å². The predicted molar refractivity (Wildman–Crippen MR) is 88.0 cm³/mol. The molecule has 2 heterocycles. The molecule has 0 bridgehead atoms. The number of aromatic nitrogens is 3. The van der Waals surface area contributed by atoms with Crippen LogP contribution in [0.2, 0.25) is 0 Å². The van der Waals surface area contributed by atoms with Gasteiger partial charge in [0.15, 0.2) is 16.6 Å². The summed E-state index contributed by atoms with van der Waals surface area (Å²) in [7, 11) is 3.26. The molecule has 0 fully saturated rings. The van der Waals surface area contributed by atoms with E-state index in [-0.39, 0.29) is 0 Å². The molecule has 0 aliphatic carbocycles. The highest BCUT2D eigenvalue weighted by Crippen LogP contribution is 2.36. The van der Waals surface area contributed by atoms with Crippen molar-refractivity contribution in [1.29, 1.82) is 0 Å². The van der Waals surface area contributed by atoms with Crippen molar-refractivity contribution in [2.45, 2.75) is 20.0 Å². The molecule has 0 aliphatic heterocycles. The van der Waals surface area contributed by atoms with Crippen molar-refractivity contribution >= 4 is 26.7 Å². The molecule has 6 nitrogen and oxygen atoms in total. The second-order valence-electron chi connectivity index (χ2n) is 4.75. The average molecular weight is 318 g/mol. The van der Waals surface area contributed by atoms with Crippen molar-refractivity contribution in [3.63, 3.8) is 0 Å². The fraction of sp³-hybridized carbons (Fsp3) is 0.333. The second kappa shape index (κ2) is 6.23. The molecule has 0 unspecified atom stereocenters. The summed E-state index contributed by atoms with van der Waals surface area (Å²) >= 11 is 1.59. The number of nitrogens with one attached hydrogen (secondary N) is 1. The Morgan fingerprint density at radius 2 is 2.00 bits per heavy atom. The number of benzene rings is 1. The predicted octanol–water partition coefficient (Wildman–Crippen LogP) is 3.14. The van der Waals surface area contributed by atoms with Crippen LogP contribution in [0.3, 0.4) is 0 Å². The molecule has 1 aromatic carbocycles. The number of rotatable bonds is 6. The summed E-state index contributed by atoms with van der Waals surface area (Å²) in [4.78, 5) is 4.58. The lowest BCUT2D eigenvalue weighted by Crippen LogP contribution is -1.98. The fourth-order valence-electron chi connectivity index (χ4n) is 2.18. The largest absolute Gasteiger partial charge is 0.493 e. The van der Waals surface area contributed by atoms with E-state index in [0.717, 1.165) is 33.2 Å². The lowest BCUT2D eigenvalue weighted by atomic mass is 10.3. The maximum atomic E-state index is 5.32. The first-order chi connectivity index (χ1) is 10.7. The smallest absolute Gasteiger partial charge is 0.184 e. The maximum absolute atomic E-state index is 5.32. The summed E-state index contributed by atoms with van der Waals surface area (Å²) in [6.45, 7) is 3.65. The van der Waals surface area contributed by atoms with E-state index in [0.29, 0.717) is 12.3 Å². The Morgan fingerprint density at radius 1 is 1.23 bits per heavy atom. The summed E-state index contributed by atoms with van der Waals surface area (Å²) < 4.78 is 13.6. The zero-order chi connectivity index (χ0) is 15.5. The molecule has 3 rings (SSSR count). The molecule has 0 spiro atoms. The molecule has 0 radical (unpaired) electrons. The number of fused-ring (bicyclic) bond motifs is 1. The highest BCUT2D eigenvalue weighted by molar-refractivity contribution is 7.22. The van der Waals surface area contributed by atoms with Crippen LogP contribution in [0.4, 0.5) is 5.13 Å². The van der Waals surface area contributed by atoms with Gasteiger partial charge in [0.05, 0.1) is 30.6 Å². The van der Waals surface area contributed by atoms with E-state index in [2.05, 4.69) is 22.3 Å². The van der Waals surface area contributed by atoms with Gasteiger partial charge in [-0.05, 0) is 6.92 Å². The molecule has 0 atom stereocenters. The Labute approximate surface area is 132 Å². The van der Waals surface area contributed by atoms with Gasteiger partial charge in [0.1, 0.15) is 0 Å². The average Bonchev–Trinajstić information content (AvgIpc) is 3.16. The fourth-order valence-corrected chi connectivity index (χ4v) is 3.05. The van der Waals surface area contributed by atoms with Crippen molar-refractivity contribution in [2.75, 3.05) is 19.5 Å². The van der Waals surface area contributed by atoms with Crippen LogP contribution in [0.25, 0.3) is 10.2 Å². The van der Waals surface area contributed by atoms with E-state index >= 15 is 0 Å². The molecule has 0 saturated carbocycles. The normalized spacial score (nSPS) is 10.9. The van der Waals surface area contributed by atoms with Crippen molar-refractivity contribution in [3.8, 4) is 11.5 Å². The lowest BCUT2D eigenvalue weighted by molar-refractivity contribution is 0.356. The van der Waals surface area contributed by atoms with Gasteiger partial charge in [-0.2, -0.15) is 5.10 Å². The van der Waals surface area contributed by atoms with Gasteiger partial charge in [-0.15, -0.1) is 0 Å². The third-order valence-corrected chi connectivity index (χ3v) is 4.32. The number of hydrogen-bond acceptors (Lipinski definition) is 6. The zero-order valence-corrected chi connectivity index (χ0v) is 13.6. The summed E-state index contributed by atoms with van der Waals surface area (Å²) in [5, 5.41) is 8.47. The molecular weight excluding hydrogens is 300 g/mol. The molecule has 22 heavy (non-hydrogen) atoms. The Balaban J connectivity index is 1.79. The van der Waals surface area contributed by atoms with Crippen LogP contribution in [-0.4, -0.2) is 29.0 Å². The van der Waals surface area contributed by atoms with E-state index < -0.39 is 0 Å². The Kier molecular flexibility index (Phi) is 4.15. The highest BCUT2D eigenvalue weighted by Gasteiger charge is 2.10. The van der Waals surface area contributed by atoms with Gasteiger partial charge >= 0.3 is 0 Å². The number of aryl methyl sites for hydroxylation is 1. The van der Waals surface area contributed by atoms with Crippen molar-refractivity contribution in [1.82, 2.24) is 14.8 Å². The van der Waals surface area contributed by atoms with Gasteiger partial charge in [-0.1, -0.05) is 11.3 Å². The summed E-state index contributed by atoms with van der Waals surface area (Å²) in [5.41, 5.74) is 2.03. The topological polar surface area (TPSA) is 61.2 Å². The van der Waals surface area contributed by atoms with Crippen molar-refractivity contribution in [2.24, 2.45) is 0 Å². The Hall–Kier alpha value is -2.28. The van der Waals surface area contributed by atoms with E-state index in [4.69, 9.17) is 9.47 Å². The molecule has 0 amide bonds. The minimum absolute atomic E-state index is 0.691. The number of thiazole rings is 1. The van der Waals surface area contributed by atoms with Crippen LogP contribution >= 0.6 is 11.3 Å². The number of methoxy groups -OCH3 is 2. The standard InChI is InChI=1S/C15H18N4O2S/c1-4-19-9-10(8-17-19)7-16-15-18-11-5-12(20-2)13(21-3)6-14(11)22-15/h5-6,8-9H,4,7H2,1-3H3,(H,16,18). The van der Waals surface area contributed by atoms with Crippen LogP contribution in [0.15, 0.2) is 24.5 Å². The first-order valence-corrected chi connectivity index (χ1v) is 7.83. The molecule has 116 valence electrons. The summed E-state index contributed by atoms with van der Waals surface area (Å²) in [6, 6.07) is 3.84. The lowest BCUT2D eigenvalue weighted by Gasteiger charge is -2.05. The molecular formula is C15H18N4O2S. The quantitative estimate of drug-likeness (QED) is 0.756. The van der Waals surface area contributed by atoms with Crippen LogP contribution in [0.1, 0.15) is 12.5 Å². The molecule has 3 aromatic rings. The van der Waals surface area contributed by atoms with E-state index in [9.17, 15) is 0 Å². The van der Waals surface area contributed by atoms with E-state index in [1.165, 1.54) is 0 Å². The van der Waals surface area contributed by atoms with Crippen LogP contribution in [0, 0.1) is 0 Å². The highest BCUT2D eigenvalue weighted by atomic mass is 32.1. The van der Waals surface area contributed by atoms with E-state index in [1.807, 2.05) is 29.2 Å². The molecule has 0 saturated heterocycles. The van der Waals surface area contributed by atoms with Crippen molar-refractivity contribution in [3.05, 3.63) is 30.1 Å². The minimum atomic E-state index is 0.691. The van der Waals surface area contributed by atoms with Gasteiger partial charge in [0, 0.05) is 37.0 Å². The summed E-state index contributed by atoms with van der Waals surface area (Å²) in [5.74, 6) is 1.41. The van der Waals surface area contributed by atoms with Crippen LogP contribution in [0.5, 0.6) is 11.5 Å². The van der Waals surface area contributed by atoms with Gasteiger partial charge in [-0.25, -0.2) is 4.98 Å². The van der Waals surface area contributed by atoms with E-state index in [1.54, 1.807) is 25.6 Å². The third-order valence-electron chi connectivity index (χ3n) is 3.35. The maximum Gasteiger partial charge on any atom is 0.184 e. The van der Waals surface area contributed by atoms with Crippen LogP contribution < -0.4 is 14.8 Å². The third kappa shape index (κ3) is 2.85. The molecule has 7 heteroatoms. The van der Waals surface area contributed by atoms with Crippen LogP contribution in [-0.2, 0) is 13.1 Å². The first-order valence-electron chi connectivity index (χ1n) is 7.01. The Bertz CT molecular complexity index is 740. The first kappa shape index (κ1) is 14.6. The van der Waals surface area contributed by atoms with Gasteiger partial charge in [0.25, 0.3) is 0 Å². The van der Waals surface area contributed by atoms with Crippen molar-refractivity contribution < 1.29 is 9.47 Å². The van der Waals surface area contributed by atoms with Gasteiger partial charge in [-0.3, -0.25) is 4.68 Å². The number of ether oxygens (including phenoxy) is 2. The molecule has 2 aromatic heterocycles. The Morgan fingerprint density at radius 3 is 2.68 bits per heavy atom.